The number of ether oxygens (including phenoxy) is 2. The SMILES string of the molecule is Cn1ncc2cc(C(O)[C@@H](COC(C)(C)C)NC(=O)OCc3ccccc3)ccc21. The Balaban J connectivity index is 1.71. The first-order chi connectivity index (χ1) is 14.2. The van der Waals surface area contributed by atoms with Crippen LogP contribution in [0, 0.1) is 0 Å². The van der Waals surface area contributed by atoms with Crippen LogP contribution in [0.25, 0.3) is 10.9 Å². The van der Waals surface area contributed by atoms with Gasteiger partial charge < -0.3 is 19.9 Å². The third kappa shape index (κ3) is 5.81. The largest absolute Gasteiger partial charge is 0.445 e. The average molecular weight is 412 g/mol. The van der Waals surface area contributed by atoms with Gasteiger partial charge in [-0.1, -0.05) is 36.4 Å². The normalized spacial score (nSPS) is 13.8. The van der Waals surface area contributed by atoms with Gasteiger partial charge in [-0.3, -0.25) is 4.68 Å². The van der Waals surface area contributed by atoms with Gasteiger partial charge in [-0.25, -0.2) is 4.79 Å². The molecule has 0 saturated carbocycles. The van der Waals surface area contributed by atoms with Crippen molar-refractivity contribution >= 4 is 17.0 Å². The number of alkyl carbamates (subject to hydrolysis) is 1. The summed E-state index contributed by atoms with van der Waals surface area (Å²) in [4.78, 5) is 12.4. The lowest BCUT2D eigenvalue weighted by Gasteiger charge is -2.28. The number of nitrogens with zero attached hydrogens (tertiary/aromatic N) is 2. The first-order valence-corrected chi connectivity index (χ1v) is 9.94. The number of carbonyl (C=O) groups excluding carboxylic acids is 1. The Kier molecular flexibility index (Phi) is 6.74. The summed E-state index contributed by atoms with van der Waals surface area (Å²) in [5.41, 5.74) is 2.10. The molecule has 2 atom stereocenters. The number of aliphatic hydroxyl groups excluding tert-OH is 1. The van der Waals surface area contributed by atoms with Crippen LogP contribution in [-0.4, -0.2) is 39.2 Å². The second-order valence-corrected chi connectivity index (χ2v) is 8.27. The molecule has 1 unspecified atom stereocenters. The van der Waals surface area contributed by atoms with Crippen LogP contribution in [0.5, 0.6) is 0 Å². The molecule has 0 aliphatic rings. The number of carbonyl (C=O) groups is 1. The molecule has 3 aromatic rings. The van der Waals surface area contributed by atoms with Gasteiger partial charge in [-0.2, -0.15) is 5.10 Å². The predicted molar refractivity (Wildman–Crippen MR) is 115 cm³/mol. The molecule has 1 amide bonds. The van der Waals surface area contributed by atoms with Crippen LogP contribution in [0.15, 0.2) is 54.7 Å². The zero-order valence-corrected chi connectivity index (χ0v) is 17.8. The summed E-state index contributed by atoms with van der Waals surface area (Å²) < 4.78 is 12.9. The fraction of sp³-hybridized carbons (Fsp3) is 0.391. The summed E-state index contributed by atoms with van der Waals surface area (Å²) in [7, 11) is 1.86. The number of hydrogen-bond donors (Lipinski definition) is 2. The van der Waals surface area contributed by atoms with Gasteiger partial charge in [0.05, 0.1) is 30.0 Å². The molecule has 0 saturated heterocycles. The summed E-state index contributed by atoms with van der Waals surface area (Å²) in [6.45, 7) is 6.05. The van der Waals surface area contributed by atoms with Crippen LogP contribution in [0.2, 0.25) is 0 Å². The van der Waals surface area contributed by atoms with E-state index in [4.69, 9.17) is 9.47 Å². The number of fused-ring (bicyclic) bond motifs is 1. The van der Waals surface area contributed by atoms with Crippen LogP contribution in [0.3, 0.4) is 0 Å². The number of aromatic nitrogens is 2. The fourth-order valence-electron chi connectivity index (χ4n) is 3.07. The zero-order valence-electron chi connectivity index (χ0n) is 17.8. The van der Waals surface area contributed by atoms with E-state index in [1.807, 2.05) is 76.3 Å². The van der Waals surface area contributed by atoms with Gasteiger partial charge in [0, 0.05) is 12.4 Å². The first kappa shape index (κ1) is 21.8. The van der Waals surface area contributed by atoms with Crippen molar-refractivity contribution in [2.45, 2.75) is 45.1 Å². The number of amides is 1. The van der Waals surface area contributed by atoms with Crippen molar-refractivity contribution in [1.29, 1.82) is 0 Å². The number of aryl methyl sites for hydroxylation is 1. The van der Waals surface area contributed by atoms with E-state index in [1.165, 1.54) is 0 Å². The topological polar surface area (TPSA) is 85.6 Å². The highest BCUT2D eigenvalue weighted by molar-refractivity contribution is 5.79. The van der Waals surface area contributed by atoms with Crippen molar-refractivity contribution < 1.29 is 19.4 Å². The summed E-state index contributed by atoms with van der Waals surface area (Å²) in [6.07, 6.45) is 0.164. The number of rotatable bonds is 7. The van der Waals surface area contributed by atoms with Crippen LogP contribution in [0.4, 0.5) is 4.79 Å². The molecule has 0 aliphatic carbocycles. The molecule has 7 nitrogen and oxygen atoms in total. The average Bonchev–Trinajstić information content (AvgIpc) is 3.09. The van der Waals surface area contributed by atoms with Crippen molar-refractivity contribution in [2.24, 2.45) is 7.05 Å². The third-order valence-corrected chi connectivity index (χ3v) is 4.70. The minimum atomic E-state index is -0.971. The molecule has 0 fully saturated rings. The molecule has 2 aromatic carbocycles. The van der Waals surface area contributed by atoms with Crippen molar-refractivity contribution in [3.8, 4) is 0 Å². The van der Waals surface area contributed by atoms with Gasteiger partial charge in [-0.05, 0) is 44.0 Å². The van der Waals surface area contributed by atoms with Crippen LogP contribution < -0.4 is 5.32 Å². The highest BCUT2D eigenvalue weighted by Crippen LogP contribution is 2.23. The molecule has 3 rings (SSSR count). The Labute approximate surface area is 176 Å². The number of hydrogen-bond acceptors (Lipinski definition) is 5. The summed E-state index contributed by atoms with van der Waals surface area (Å²) in [5, 5.41) is 18.9. The Hall–Kier alpha value is -2.90. The standard InChI is InChI=1S/C23H29N3O4/c1-23(2,3)30-15-19(25-22(28)29-14-16-8-6-5-7-9-16)21(27)17-10-11-20-18(12-17)13-24-26(20)4/h5-13,19,21,27H,14-15H2,1-4H3,(H,25,28)/t19-,21?/m1/s1. The predicted octanol–water partition coefficient (Wildman–Crippen LogP) is 3.72. The smallest absolute Gasteiger partial charge is 0.407 e. The van der Waals surface area contributed by atoms with Crippen molar-refractivity contribution in [2.75, 3.05) is 6.61 Å². The van der Waals surface area contributed by atoms with Gasteiger partial charge in [0.1, 0.15) is 12.7 Å². The maximum absolute atomic E-state index is 12.4. The number of nitrogens with one attached hydrogen (secondary N) is 1. The monoisotopic (exact) mass is 411 g/mol. The molecule has 0 aliphatic heterocycles. The summed E-state index contributed by atoms with van der Waals surface area (Å²) in [6, 6.07) is 14.3. The second-order valence-electron chi connectivity index (χ2n) is 8.27. The summed E-state index contributed by atoms with van der Waals surface area (Å²) in [5.74, 6) is 0. The molecule has 1 aromatic heterocycles. The molecule has 7 heteroatoms. The minimum Gasteiger partial charge on any atom is -0.445 e. The maximum atomic E-state index is 12.4. The minimum absolute atomic E-state index is 0.135. The van der Waals surface area contributed by atoms with Crippen molar-refractivity contribution in [3.05, 3.63) is 65.9 Å². The van der Waals surface area contributed by atoms with E-state index < -0.39 is 23.8 Å². The van der Waals surface area contributed by atoms with Gasteiger partial charge in [0.25, 0.3) is 0 Å². The molecule has 30 heavy (non-hydrogen) atoms. The van der Waals surface area contributed by atoms with E-state index in [0.717, 1.165) is 16.5 Å². The van der Waals surface area contributed by atoms with E-state index in [1.54, 1.807) is 10.9 Å². The van der Waals surface area contributed by atoms with E-state index in [0.29, 0.717) is 5.56 Å². The van der Waals surface area contributed by atoms with Crippen LogP contribution in [0.1, 0.15) is 38.0 Å². The number of aliphatic hydroxyl groups is 1. The van der Waals surface area contributed by atoms with Gasteiger partial charge in [0.2, 0.25) is 0 Å². The zero-order chi connectivity index (χ0) is 21.7. The lowest BCUT2D eigenvalue weighted by Crippen LogP contribution is -2.44. The van der Waals surface area contributed by atoms with Gasteiger partial charge in [-0.15, -0.1) is 0 Å². The Bertz CT molecular complexity index is 979. The van der Waals surface area contributed by atoms with Crippen molar-refractivity contribution in [3.63, 3.8) is 0 Å². The maximum Gasteiger partial charge on any atom is 0.407 e. The summed E-state index contributed by atoms with van der Waals surface area (Å²) >= 11 is 0. The Morgan fingerprint density at radius 2 is 1.93 bits per heavy atom. The van der Waals surface area contributed by atoms with Gasteiger partial charge in [0.15, 0.2) is 0 Å². The van der Waals surface area contributed by atoms with Crippen LogP contribution in [-0.2, 0) is 23.1 Å². The molecule has 2 N–H and O–H groups in total. The molecule has 160 valence electrons. The Morgan fingerprint density at radius 1 is 1.20 bits per heavy atom. The fourth-order valence-corrected chi connectivity index (χ4v) is 3.07. The van der Waals surface area contributed by atoms with E-state index in [2.05, 4.69) is 10.4 Å². The highest BCUT2D eigenvalue weighted by Gasteiger charge is 2.26. The highest BCUT2D eigenvalue weighted by atomic mass is 16.5. The molecule has 0 radical (unpaired) electrons. The van der Waals surface area contributed by atoms with Gasteiger partial charge >= 0.3 is 6.09 Å². The molecular weight excluding hydrogens is 382 g/mol. The number of benzene rings is 2. The third-order valence-electron chi connectivity index (χ3n) is 4.70. The lowest BCUT2D eigenvalue weighted by molar-refractivity contribution is -0.0354. The van der Waals surface area contributed by atoms with Crippen LogP contribution >= 0.6 is 0 Å². The molecule has 0 spiro atoms. The quantitative estimate of drug-likeness (QED) is 0.619. The van der Waals surface area contributed by atoms with Crippen molar-refractivity contribution in [1.82, 2.24) is 15.1 Å². The second kappa shape index (κ2) is 9.28. The van der Waals surface area contributed by atoms with E-state index in [9.17, 15) is 9.90 Å². The lowest BCUT2D eigenvalue weighted by atomic mass is 10.0. The molecular formula is C23H29N3O4. The van der Waals surface area contributed by atoms with E-state index >= 15 is 0 Å². The Morgan fingerprint density at radius 3 is 2.63 bits per heavy atom. The molecule has 0 bridgehead atoms. The molecule has 1 heterocycles. The first-order valence-electron chi connectivity index (χ1n) is 9.94. The van der Waals surface area contributed by atoms with E-state index in [-0.39, 0.29) is 13.2 Å².